The number of benzene rings is 2. The first-order valence-corrected chi connectivity index (χ1v) is 10.5. The Bertz CT molecular complexity index is 805. The van der Waals surface area contributed by atoms with Crippen LogP contribution in [0.1, 0.15) is 36.8 Å². The lowest BCUT2D eigenvalue weighted by molar-refractivity contribution is -0.142. The van der Waals surface area contributed by atoms with Gasteiger partial charge in [0.25, 0.3) is 0 Å². The third-order valence-corrected chi connectivity index (χ3v) is 6.42. The van der Waals surface area contributed by atoms with Crippen LogP contribution in [0.15, 0.2) is 60.7 Å². The third-order valence-electron chi connectivity index (χ3n) is 6.42. The number of hydrogen-bond acceptors (Lipinski definition) is 3. The molecule has 2 heterocycles. The van der Waals surface area contributed by atoms with Crippen LogP contribution in [0.5, 0.6) is 0 Å². The molecule has 2 aliphatic rings. The maximum atomic E-state index is 12.9. The lowest BCUT2D eigenvalue weighted by Gasteiger charge is -2.43. The highest BCUT2D eigenvalue weighted by molar-refractivity contribution is 5.87. The molecule has 0 saturated carbocycles. The smallest absolute Gasteiger partial charge is 0.226 e. The first-order chi connectivity index (χ1) is 14.1. The number of aliphatic hydroxyl groups is 1. The molecular formula is C24H28N2O3. The summed E-state index contributed by atoms with van der Waals surface area (Å²) < 4.78 is 0. The van der Waals surface area contributed by atoms with E-state index < -0.39 is 5.60 Å². The Morgan fingerprint density at radius 3 is 2.00 bits per heavy atom. The molecular weight excluding hydrogens is 364 g/mol. The SMILES string of the molecule is O=C1CC(C(=O)N2CCC(C(O)(c3ccccc3)c3ccccc3)CC2)CCN1. The second kappa shape index (κ2) is 8.37. The highest BCUT2D eigenvalue weighted by atomic mass is 16.3. The molecule has 2 aromatic rings. The van der Waals surface area contributed by atoms with Crippen LogP contribution in [0.25, 0.3) is 0 Å². The lowest BCUT2D eigenvalue weighted by atomic mass is 9.72. The van der Waals surface area contributed by atoms with Gasteiger partial charge in [0.2, 0.25) is 11.8 Å². The number of nitrogens with zero attached hydrogens (tertiary/aromatic N) is 1. The number of carbonyl (C=O) groups is 2. The van der Waals surface area contributed by atoms with Crippen LogP contribution in [0, 0.1) is 11.8 Å². The quantitative estimate of drug-likeness (QED) is 0.841. The van der Waals surface area contributed by atoms with E-state index in [1.807, 2.05) is 65.6 Å². The molecule has 2 N–H and O–H groups in total. The molecule has 5 heteroatoms. The predicted molar refractivity (Wildman–Crippen MR) is 111 cm³/mol. The van der Waals surface area contributed by atoms with Gasteiger partial charge in [0.1, 0.15) is 5.60 Å². The highest BCUT2D eigenvalue weighted by Crippen LogP contribution is 2.42. The van der Waals surface area contributed by atoms with Crippen molar-refractivity contribution in [2.75, 3.05) is 19.6 Å². The Hall–Kier alpha value is -2.66. The zero-order chi connectivity index (χ0) is 20.3. The number of nitrogens with one attached hydrogen (secondary N) is 1. The number of amides is 2. The van der Waals surface area contributed by atoms with Gasteiger partial charge in [-0.1, -0.05) is 60.7 Å². The second-order valence-corrected chi connectivity index (χ2v) is 8.14. The second-order valence-electron chi connectivity index (χ2n) is 8.14. The van der Waals surface area contributed by atoms with Crippen LogP contribution >= 0.6 is 0 Å². The van der Waals surface area contributed by atoms with E-state index in [0.717, 1.165) is 24.0 Å². The third kappa shape index (κ3) is 3.92. The van der Waals surface area contributed by atoms with Crippen molar-refractivity contribution in [2.45, 2.75) is 31.3 Å². The van der Waals surface area contributed by atoms with Gasteiger partial charge in [-0.05, 0) is 36.3 Å². The summed E-state index contributed by atoms with van der Waals surface area (Å²) in [7, 11) is 0. The van der Waals surface area contributed by atoms with Crippen molar-refractivity contribution in [1.82, 2.24) is 10.2 Å². The van der Waals surface area contributed by atoms with E-state index in [2.05, 4.69) is 5.32 Å². The molecule has 4 rings (SSSR count). The molecule has 0 aromatic heterocycles. The molecule has 2 amide bonds. The molecule has 0 spiro atoms. The van der Waals surface area contributed by atoms with E-state index in [9.17, 15) is 14.7 Å². The minimum Gasteiger partial charge on any atom is -0.380 e. The fraction of sp³-hybridized carbons (Fsp3) is 0.417. The van der Waals surface area contributed by atoms with E-state index >= 15 is 0 Å². The minimum absolute atomic E-state index is 0.0194. The number of carbonyl (C=O) groups excluding carboxylic acids is 2. The van der Waals surface area contributed by atoms with Crippen LogP contribution < -0.4 is 5.32 Å². The molecule has 0 bridgehead atoms. The van der Waals surface area contributed by atoms with Crippen LogP contribution in [-0.4, -0.2) is 41.5 Å². The van der Waals surface area contributed by atoms with E-state index in [1.165, 1.54) is 0 Å². The predicted octanol–water partition coefficient (Wildman–Crippen LogP) is 2.69. The summed E-state index contributed by atoms with van der Waals surface area (Å²) in [6, 6.07) is 19.6. The van der Waals surface area contributed by atoms with Crippen molar-refractivity contribution in [2.24, 2.45) is 11.8 Å². The zero-order valence-corrected chi connectivity index (χ0v) is 16.6. The van der Waals surface area contributed by atoms with Crippen molar-refractivity contribution in [3.05, 3.63) is 71.8 Å². The Kier molecular flexibility index (Phi) is 5.67. The summed E-state index contributed by atoms with van der Waals surface area (Å²) in [6.45, 7) is 1.81. The number of rotatable bonds is 4. The Balaban J connectivity index is 1.52. The van der Waals surface area contributed by atoms with Crippen LogP contribution in [0.2, 0.25) is 0 Å². The van der Waals surface area contributed by atoms with E-state index in [-0.39, 0.29) is 30.1 Å². The normalized spacial score (nSPS) is 20.9. The summed E-state index contributed by atoms with van der Waals surface area (Å²) in [4.78, 5) is 26.4. The number of piperidine rings is 2. The molecule has 2 saturated heterocycles. The Morgan fingerprint density at radius 1 is 0.931 bits per heavy atom. The average Bonchev–Trinajstić information content (AvgIpc) is 2.79. The van der Waals surface area contributed by atoms with Crippen molar-refractivity contribution in [3.8, 4) is 0 Å². The van der Waals surface area contributed by atoms with Gasteiger partial charge in [-0.2, -0.15) is 0 Å². The minimum atomic E-state index is -1.08. The first-order valence-electron chi connectivity index (χ1n) is 10.5. The fourth-order valence-corrected chi connectivity index (χ4v) is 4.79. The zero-order valence-electron chi connectivity index (χ0n) is 16.6. The van der Waals surface area contributed by atoms with Gasteiger partial charge in [-0.3, -0.25) is 9.59 Å². The molecule has 1 atom stereocenters. The van der Waals surface area contributed by atoms with Crippen LogP contribution in [0.4, 0.5) is 0 Å². The molecule has 1 unspecified atom stereocenters. The maximum Gasteiger partial charge on any atom is 0.226 e. The van der Waals surface area contributed by atoms with Crippen LogP contribution in [-0.2, 0) is 15.2 Å². The molecule has 152 valence electrons. The largest absolute Gasteiger partial charge is 0.380 e. The van der Waals surface area contributed by atoms with E-state index in [0.29, 0.717) is 26.1 Å². The molecule has 2 aliphatic heterocycles. The number of hydrogen-bond donors (Lipinski definition) is 2. The van der Waals surface area contributed by atoms with Crippen molar-refractivity contribution in [3.63, 3.8) is 0 Å². The monoisotopic (exact) mass is 392 g/mol. The van der Waals surface area contributed by atoms with Crippen LogP contribution in [0.3, 0.4) is 0 Å². The Morgan fingerprint density at radius 2 is 1.48 bits per heavy atom. The van der Waals surface area contributed by atoms with Gasteiger partial charge in [-0.25, -0.2) is 0 Å². The first kappa shape index (κ1) is 19.6. The summed E-state index contributed by atoms with van der Waals surface area (Å²) in [5.41, 5.74) is 0.697. The van der Waals surface area contributed by atoms with E-state index in [1.54, 1.807) is 0 Å². The Labute approximate surface area is 171 Å². The molecule has 2 aromatic carbocycles. The molecule has 2 fully saturated rings. The lowest BCUT2D eigenvalue weighted by Crippen LogP contribution is -2.49. The fourth-order valence-electron chi connectivity index (χ4n) is 4.79. The number of likely N-dealkylation sites (tertiary alicyclic amines) is 1. The highest BCUT2D eigenvalue weighted by Gasteiger charge is 2.42. The van der Waals surface area contributed by atoms with Crippen molar-refractivity contribution >= 4 is 11.8 Å². The topological polar surface area (TPSA) is 69.6 Å². The molecule has 0 radical (unpaired) electrons. The standard InChI is InChI=1S/C24H28N2O3/c27-22-17-18(11-14-25-22)23(28)26-15-12-21(13-16-26)24(29,19-7-3-1-4-8-19)20-9-5-2-6-10-20/h1-10,18,21,29H,11-17H2,(H,25,27). The maximum absolute atomic E-state index is 12.9. The average molecular weight is 392 g/mol. The van der Waals surface area contributed by atoms with Gasteiger partial charge in [-0.15, -0.1) is 0 Å². The molecule has 0 aliphatic carbocycles. The van der Waals surface area contributed by atoms with Gasteiger partial charge in [0, 0.05) is 32.0 Å². The van der Waals surface area contributed by atoms with E-state index in [4.69, 9.17) is 0 Å². The van der Waals surface area contributed by atoms with Gasteiger partial charge >= 0.3 is 0 Å². The van der Waals surface area contributed by atoms with Gasteiger partial charge in [0.05, 0.1) is 0 Å². The summed E-state index contributed by atoms with van der Waals surface area (Å²) in [5, 5.41) is 14.7. The van der Waals surface area contributed by atoms with Gasteiger partial charge < -0.3 is 15.3 Å². The summed E-state index contributed by atoms with van der Waals surface area (Å²) in [5.74, 6) is -0.137. The summed E-state index contributed by atoms with van der Waals surface area (Å²) >= 11 is 0. The van der Waals surface area contributed by atoms with Crippen molar-refractivity contribution < 1.29 is 14.7 Å². The molecule has 5 nitrogen and oxygen atoms in total. The summed E-state index contributed by atoms with van der Waals surface area (Å²) in [6.07, 6.45) is 2.45. The van der Waals surface area contributed by atoms with Crippen molar-refractivity contribution in [1.29, 1.82) is 0 Å². The molecule has 29 heavy (non-hydrogen) atoms. The van der Waals surface area contributed by atoms with Gasteiger partial charge in [0.15, 0.2) is 0 Å².